The van der Waals surface area contributed by atoms with Gasteiger partial charge in [-0.15, -0.1) is 0 Å². The molecule has 0 aromatic heterocycles. The van der Waals surface area contributed by atoms with Crippen molar-refractivity contribution in [1.29, 1.82) is 5.26 Å². The molecule has 0 spiro atoms. The molecule has 32 heavy (non-hydrogen) atoms. The van der Waals surface area contributed by atoms with Gasteiger partial charge in [0.05, 0.1) is 13.0 Å². The van der Waals surface area contributed by atoms with Crippen LogP contribution in [0.4, 0.5) is 0 Å². The van der Waals surface area contributed by atoms with Gasteiger partial charge in [0.1, 0.15) is 23.3 Å². The number of carbonyl (C=O) groups excluding carboxylic acids is 1. The number of hydrogen-bond donors (Lipinski definition) is 0. The number of ether oxygens (including phenoxy) is 3. The number of nitriles is 1. The Bertz CT molecular complexity index is 1090. The fraction of sp³-hybridized carbons (Fsp3) is 0.231. The Labute approximate surface area is 193 Å². The molecular formula is C26H24ClNO4. The van der Waals surface area contributed by atoms with Gasteiger partial charge in [0, 0.05) is 10.6 Å². The van der Waals surface area contributed by atoms with Crippen molar-refractivity contribution in [2.45, 2.75) is 25.9 Å². The van der Waals surface area contributed by atoms with E-state index >= 15 is 0 Å². The molecule has 2 atom stereocenters. The Morgan fingerprint density at radius 3 is 2.16 bits per heavy atom. The molecule has 3 rings (SSSR count). The molecule has 5 nitrogen and oxygen atoms in total. The minimum absolute atomic E-state index is 0.0206. The van der Waals surface area contributed by atoms with Crippen molar-refractivity contribution in [2.75, 3.05) is 7.11 Å². The van der Waals surface area contributed by atoms with Gasteiger partial charge in [-0.3, -0.25) is 4.79 Å². The summed E-state index contributed by atoms with van der Waals surface area (Å²) < 4.78 is 16.6. The molecular weight excluding hydrogens is 426 g/mol. The molecule has 0 aliphatic rings. The van der Waals surface area contributed by atoms with Crippen LogP contribution in [0.2, 0.25) is 5.02 Å². The van der Waals surface area contributed by atoms with Crippen LogP contribution in [0.5, 0.6) is 17.2 Å². The lowest BCUT2D eigenvalue weighted by Gasteiger charge is -2.22. The first kappa shape index (κ1) is 23.2. The Morgan fingerprint density at radius 2 is 1.56 bits per heavy atom. The van der Waals surface area contributed by atoms with Crippen LogP contribution in [0.15, 0.2) is 72.8 Å². The highest BCUT2D eigenvalue weighted by molar-refractivity contribution is 6.30. The van der Waals surface area contributed by atoms with E-state index in [0.29, 0.717) is 22.1 Å². The summed E-state index contributed by atoms with van der Waals surface area (Å²) in [5.41, 5.74) is 1.33. The first-order valence-corrected chi connectivity index (χ1v) is 10.6. The minimum atomic E-state index is -1.06. The lowest BCUT2D eigenvalue weighted by molar-refractivity contribution is -0.150. The molecule has 6 heteroatoms. The fourth-order valence-electron chi connectivity index (χ4n) is 3.34. The predicted molar refractivity (Wildman–Crippen MR) is 123 cm³/mol. The molecule has 3 aromatic rings. The topological polar surface area (TPSA) is 68.6 Å². The van der Waals surface area contributed by atoms with E-state index in [1.807, 2.05) is 13.8 Å². The van der Waals surface area contributed by atoms with Gasteiger partial charge >= 0.3 is 5.97 Å². The standard InChI is InChI=1S/C26H24ClNO4/c1-17(2)25(18-7-9-20(27)10-8-18)26(29)32-24(16-28)19-5-4-6-23(15-19)31-22-13-11-21(30-3)12-14-22/h4-15,17,24-25H,1-3H3. The van der Waals surface area contributed by atoms with E-state index in [9.17, 15) is 10.1 Å². The lowest BCUT2D eigenvalue weighted by atomic mass is 9.88. The fourth-order valence-corrected chi connectivity index (χ4v) is 3.47. The summed E-state index contributed by atoms with van der Waals surface area (Å²) in [4.78, 5) is 13.0. The van der Waals surface area contributed by atoms with Crippen LogP contribution in [-0.4, -0.2) is 13.1 Å². The third-order valence-electron chi connectivity index (χ3n) is 4.96. The summed E-state index contributed by atoms with van der Waals surface area (Å²) in [5, 5.41) is 10.3. The second kappa shape index (κ2) is 10.7. The van der Waals surface area contributed by atoms with Gasteiger partial charge in [-0.05, 0) is 60.0 Å². The van der Waals surface area contributed by atoms with Crippen LogP contribution >= 0.6 is 11.6 Å². The van der Waals surface area contributed by atoms with E-state index in [1.54, 1.807) is 79.9 Å². The van der Waals surface area contributed by atoms with Crippen LogP contribution in [-0.2, 0) is 9.53 Å². The van der Waals surface area contributed by atoms with Crippen LogP contribution in [0.3, 0.4) is 0 Å². The molecule has 0 bridgehead atoms. The molecule has 0 fully saturated rings. The number of methoxy groups -OCH3 is 1. The Morgan fingerprint density at radius 1 is 0.906 bits per heavy atom. The predicted octanol–water partition coefficient (Wildman–Crippen LogP) is 6.69. The van der Waals surface area contributed by atoms with Crippen molar-refractivity contribution in [3.63, 3.8) is 0 Å². The van der Waals surface area contributed by atoms with Gasteiger partial charge in [0.2, 0.25) is 6.10 Å². The largest absolute Gasteiger partial charge is 0.497 e. The summed E-state index contributed by atoms with van der Waals surface area (Å²) in [5.74, 6) is 0.881. The molecule has 164 valence electrons. The van der Waals surface area contributed by atoms with E-state index in [2.05, 4.69) is 6.07 Å². The summed E-state index contributed by atoms with van der Waals surface area (Å²) in [7, 11) is 1.60. The van der Waals surface area contributed by atoms with E-state index in [-0.39, 0.29) is 5.92 Å². The molecule has 3 aromatic carbocycles. The van der Waals surface area contributed by atoms with Crippen molar-refractivity contribution in [1.82, 2.24) is 0 Å². The van der Waals surface area contributed by atoms with Gasteiger partial charge in [0.15, 0.2) is 0 Å². The zero-order chi connectivity index (χ0) is 23.1. The van der Waals surface area contributed by atoms with E-state index in [4.69, 9.17) is 25.8 Å². The van der Waals surface area contributed by atoms with Crippen molar-refractivity contribution >= 4 is 17.6 Å². The molecule has 0 aliphatic heterocycles. The number of halogens is 1. The number of carbonyl (C=O) groups is 1. The molecule has 0 amide bonds. The number of esters is 1. The summed E-state index contributed by atoms with van der Waals surface area (Å²) >= 11 is 5.97. The third-order valence-corrected chi connectivity index (χ3v) is 5.21. The van der Waals surface area contributed by atoms with Crippen molar-refractivity contribution in [3.05, 3.63) is 88.9 Å². The van der Waals surface area contributed by atoms with Crippen LogP contribution in [0, 0.1) is 17.2 Å². The average molecular weight is 450 g/mol. The van der Waals surface area contributed by atoms with Gasteiger partial charge in [-0.1, -0.05) is 49.7 Å². The van der Waals surface area contributed by atoms with Gasteiger partial charge in [-0.25, -0.2) is 0 Å². The van der Waals surface area contributed by atoms with Gasteiger partial charge < -0.3 is 14.2 Å². The van der Waals surface area contributed by atoms with Gasteiger partial charge in [0.25, 0.3) is 0 Å². The number of rotatable bonds is 8. The van der Waals surface area contributed by atoms with E-state index in [0.717, 1.165) is 11.3 Å². The summed E-state index contributed by atoms with van der Waals surface area (Å²) in [6, 6.07) is 23.3. The third kappa shape index (κ3) is 5.81. The highest BCUT2D eigenvalue weighted by Crippen LogP contribution is 2.31. The summed E-state index contributed by atoms with van der Waals surface area (Å²) in [6.07, 6.45) is -1.06. The maximum atomic E-state index is 13.0. The minimum Gasteiger partial charge on any atom is -0.497 e. The zero-order valence-electron chi connectivity index (χ0n) is 18.1. The molecule has 0 aliphatic carbocycles. The molecule has 2 unspecified atom stereocenters. The number of hydrogen-bond acceptors (Lipinski definition) is 5. The SMILES string of the molecule is COc1ccc(Oc2cccc(C(C#N)OC(=O)C(c3ccc(Cl)cc3)C(C)C)c2)cc1. The van der Waals surface area contributed by atoms with Crippen LogP contribution < -0.4 is 9.47 Å². The highest BCUT2D eigenvalue weighted by Gasteiger charge is 2.29. The highest BCUT2D eigenvalue weighted by atomic mass is 35.5. The first-order chi connectivity index (χ1) is 15.4. The average Bonchev–Trinajstić information content (AvgIpc) is 2.79. The monoisotopic (exact) mass is 449 g/mol. The smallest absolute Gasteiger partial charge is 0.315 e. The van der Waals surface area contributed by atoms with Crippen LogP contribution in [0.1, 0.15) is 37.0 Å². The van der Waals surface area contributed by atoms with Crippen LogP contribution in [0.25, 0.3) is 0 Å². The Kier molecular flexibility index (Phi) is 7.75. The second-order valence-corrected chi connectivity index (χ2v) is 8.01. The summed E-state index contributed by atoms with van der Waals surface area (Å²) in [6.45, 7) is 3.87. The Balaban J connectivity index is 1.77. The maximum absolute atomic E-state index is 13.0. The normalized spacial score (nSPS) is 12.5. The first-order valence-electron chi connectivity index (χ1n) is 10.2. The molecule has 0 N–H and O–H groups in total. The number of benzene rings is 3. The zero-order valence-corrected chi connectivity index (χ0v) is 18.9. The van der Waals surface area contributed by atoms with Crippen molar-refractivity contribution < 1.29 is 19.0 Å². The Hall–Kier alpha value is -3.49. The van der Waals surface area contributed by atoms with E-state index < -0.39 is 18.0 Å². The van der Waals surface area contributed by atoms with E-state index in [1.165, 1.54) is 0 Å². The number of nitrogens with zero attached hydrogens (tertiary/aromatic N) is 1. The molecule has 0 saturated carbocycles. The second-order valence-electron chi connectivity index (χ2n) is 7.57. The lowest BCUT2D eigenvalue weighted by Crippen LogP contribution is -2.22. The van der Waals surface area contributed by atoms with Gasteiger partial charge in [-0.2, -0.15) is 5.26 Å². The molecule has 0 saturated heterocycles. The molecule has 0 radical (unpaired) electrons. The quantitative estimate of drug-likeness (QED) is 0.358. The van der Waals surface area contributed by atoms with Crippen molar-refractivity contribution in [3.8, 4) is 23.3 Å². The molecule has 0 heterocycles. The van der Waals surface area contributed by atoms with Crippen molar-refractivity contribution in [2.24, 2.45) is 5.92 Å². The maximum Gasteiger partial charge on any atom is 0.315 e.